The van der Waals surface area contributed by atoms with Crippen LogP contribution in [-0.2, 0) is 17.6 Å². The third-order valence-corrected chi connectivity index (χ3v) is 4.74. The van der Waals surface area contributed by atoms with Crippen LogP contribution in [0.5, 0.6) is 0 Å². The Morgan fingerprint density at radius 1 is 1.50 bits per heavy atom. The molecule has 1 amide bonds. The van der Waals surface area contributed by atoms with Crippen LogP contribution >= 0.6 is 11.3 Å². The van der Waals surface area contributed by atoms with Gasteiger partial charge in [0, 0.05) is 25.8 Å². The van der Waals surface area contributed by atoms with Crippen molar-refractivity contribution in [2.75, 3.05) is 6.54 Å². The van der Waals surface area contributed by atoms with Gasteiger partial charge in [-0.3, -0.25) is 4.79 Å². The lowest BCUT2D eigenvalue weighted by atomic mass is 10.1. The first-order valence-electron chi connectivity index (χ1n) is 7.91. The first-order chi connectivity index (χ1) is 10.8. The Morgan fingerprint density at radius 3 is 3.18 bits per heavy atom. The zero-order valence-electron chi connectivity index (χ0n) is 12.8. The van der Waals surface area contributed by atoms with Crippen molar-refractivity contribution in [3.8, 4) is 0 Å². The molecule has 3 heterocycles. The molecule has 0 aromatic carbocycles. The van der Waals surface area contributed by atoms with Crippen LogP contribution in [0.4, 0.5) is 0 Å². The topological polar surface area (TPSA) is 59.2 Å². The van der Waals surface area contributed by atoms with Gasteiger partial charge in [-0.15, -0.1) is 0 Å². The van der Waals surface area contributed by atoms with E-state index in [1.54, 1.807) is 11.3 Å². The summed E-state index contributed by atoms with van der Waals surface area (Å²) in [5.74, 6) is 1.49. The van der Waals surface area contributed by atoms with Crippen molar-refractivity contribution < 1.29 is 9.32 Å². The van der Waals surface area contributed by atoms with Gasteiger partial charge in [-0.25, -0.2) is 0 Å². The Balaban J connectivity index is 1.56. The lowest BCUT2D eigenvalue weighted by Gasteiger charge is -2.24. The summed E-state index contributed by atoms with van der Waals surface area (Å²) in [5.41, 5.74) is 1.26. The van der Waals surface area contributed by atoms with Gasteiger partial charge in [0.15, 0.2) is 5.82 Å². The van der Waals surface area contributed by atoms with Gasteiger partial charge in [0.25, 0.3) is 0 Å². The maximum atomic E-state index is 12.5. The van der Waals surface area contributed by atoms with Crippen molar-refractivity contribution in [1.29, 1.82) is 0 Å². The van der Waals surface area contributed by atoms with Crippen LogP contribution in [0.25, 0.3) is 0 Å². The zero-order chi connectivity index (χ0) is 15.4. The number of thiophene rings is 1. The first kappa shape index (κ1) is 15.2. The Kier molecular flexibility index (Phi) is 4.87. The van der Waals surface area contributed by atoms with Crippen LogP contribution in [0.3, 0.4) is 0 Å². The Bertz CT molecular complexity index is 609. The van der Waals surface area contributed by atoms with Crippen LogP contribution in [0.15, 0.2) is 21.3 Å². The van der Waals surface area contributed by atoms with E-state index < -0.39 is 0 Å². The molecule has 1 aliphatic rings. The number of hydrogen-bond donors (Lipinski definition) is 0. The number of hydrogen-bond acceptors (Lipinski definition) is 5. The third kappa shape index (κ3) is 3.38. The predicted octanol–water partition coefficient (Wildman–Crippen LogP) is 3.38. The molecule has 1 aliphatic heterocycles. The Labute approximate surface area is 134 Å². The summed E-state index contributed by atoms with van der Waals surface area (Å²) in [5, 5.41) is 8.14. The summed E-state index contributed by atoms with van der Waals surface area (Å²) in [6.45, 7) is 2.93. The van der Waals surface area contributed by atoms with E-state index in [0.717, 1.165) is 38.1 Å². The van der Waals surface area contributed by atoms with Gasteiger partial charge in [-0.05, 0) is 41.7 Å². The van der Waals surface area contributed by atoms with E-state index in [9.17, 15) is 4.79 Å². The summed E-state index contributed by atoms with van der Waals surface area (Å²) in [6.07, 6.45) is 4.92. The van der Waals surface area contributed by atoms with Crippen LogP contribution < -0.4 is 0 Å². The molecule has 6 heteroatoms. The Morgan fingerprint density at radius 2 is 2.41 bits per heavy atom. The van der Waals surface area contributed by atoms with E-state index in [4.69, 9.17) is 4.52 Å². The smallest absolute Gasteiger partial charge is 0.227 e. The van der Waals surface area contributed by atoms with Crippen molar-refractivity contribution in [2.45, 2.75) is 51.5 Å². The minimum Gasteiger partial charge on any atom is -0.339 e. The van der Waals surface area contributed by atoms with E-state index >= 15 is 0 Å². The number of aryl methyl sites for hydroxylation is 2. The van der Waals surface area contributed by atoms with E-state index in [2.05, 4.69) is 33.9 Å². The maximum absolute atomic E-state index is 12.5. The normalized spacial score (nSPS) is 18.0. The molecule has 0 N–H and O–H groups in total. The van der Waals surface area contributed by atoms with Gasteiger partial charge in [-0.2, -0.15) is 16.3 Å². The fourth-order valence-electron chi connectivity index (χ4n) is 2.95. The van der Waals surface area contributed by atoms with Gasteiger partial charge < -0.3 is 9.42 Å². The highest BCUT2D eigenvalue weighted by molar-refractivity contribution is 7.07. The molecule has 1 saturated heterocycles. The summed E-state index contributed by atoms with van der Waals surface area (Å²) in [6, 6.07) is 2.37. The zero-order valence-corrected chi connectivity index (χ0v) is 13.6. The molecule has 0 unspecified atom stereocenters. The molecule has 2 aromatic heterocycles. The van der Waals surface area contributed by atoms with E-state index in [-0.39, 0.29) is 11.9 Å². The third-order valence-electron chi connectivity index (χ3n) is 4.04. The molecular formula is C16H21N3O2S. The summed E-state index contributed by atoms with van der Waals surface area (Å²) >= 11 is 1.69. The van der Waals surface area contributed by atoms with Gasteiger partial charge in [0.2, 0.25) is 11.8 Å². The van der Waals surface area contributed by atoms with E-state index in [1.165, 1.54) is 5.56 Å². The van der Waals surface area contributed by atoms with Crippen LogP contribution in [0, 0.1) is 0 Å². The lowest BCUT2D eigenvalue weighted by Crippen LogP contribution is -2.30. The number of likely N-dealkylation sites (tertiary alicyclic amines) is 1. The number of amides is 1. The number of aromatic nitrogens is 2. The molecule has 118 valence electrons. The molecular weight excluding hydrogens is 298 g/mol. The first-order valence-corrected chi connectivity index (χ1v) is 8.85. The molecule has 0 aliphatic carbocycles. The number of carbonyl (C=O) groups is 1. The summed E-state index contributed by atoms with van der Waals surface area (Å²) in [7, 11) is 0. The van der Waals surface area contributed by atoms with Crippen molar-refractivity contribution >= 4 is 17.2 Å². The van der Waals surface area contributed by atoms with Crippen molar-refractivity contribution in [3.63, 3.8) is 0 Å². The molecule has 1 atom stereocenters. The average molecular weight is 319 g/mol. The molecule has 1 fully saturated rings. The van der Waals surface area contributed by atoms with Crippen LogP contribution in [0.1, 0.15) is 55.9 Å². The average Bonchev–Trinajstić information content (AvgIpc) is 3.25. The molecule has 0 spiro atoms. The van der Waals surface area contributed by atoms with Gasteiger partial charge in [0.05, 0.1) is 6.04 Å². The maximum Gasteiger partial charge on any atom is 0.227 e. The largest absolute Gasteiger partial charge is 0.339 e. The van der Waals surface area contributed by atoms with Crippen molar-refractivity contribution in [2.24, 2.45) is 0 Å². The highest BCUT2D eigenvalue weighted by Gasteiger charge is 2.29. The summed E-state index contributed by atoms with van der Waals surface area (Å²) < 4.78 is 5.20. The second-order valence-corrected chi connectivity index (χ2v) is 6.44. The Hall–Kier alpha value is -1.69. The van der Waals surface area contributed by atoms with Crippen LogP contribution in [0.2, 0.25) is 0 Å². The van der Waals surface area contributed by atoms with Gasteiger partial charge in [0.1, 0.15) is 0 Å². The number of carbonyl (C=O) groups excluding carboxylic acids is 1. The predicted molar refractivity (Wildman–Crippen MR) is 84.6 cm³/mol. The highest BCUT2D eigenvalue weighted by Crippen LogP contribution is 2.33. The molecule has 0 saturated carbocycles. The molecule has 2 aromatic rings. The highest BCUT2D eigenvalue weighted by atomic mass is 32.1. The van der Waals surface area contributed by atoms with Crippen LogP contribution in [-0.4, -0.2) is 27.5 Å². The van der Waals surface area contributed by atoms with Gasteiger partial charge in [-0.1, -0.05) is 12.1 Å². The van der Waals surface area contributed by atoms with Crippen molar-refractivity contribution in [1.82, 2.24) is 15.0 Å². The molecule has 0 radical (unpaired) electrons. The fourth-order valence-corrected chi connectivity index (χ4v) is 3.66. The van der Waals surface area contributed by atoms with E-state index in [1.807, 2.05) is 4.90 Å². The molecule has 5 nitrogen and oxygen atoms in total. The molecule has 22 heavy (non-hydrogen) atoms. The monoisotopic (exact) mass is 319 g/mol. The minimum absolute atomic E-state index is 0.184. The second kappa shape index (κ2) is 7.05. The lowest BCUT2D eigenvalue weighted by molar-refractivity contribution is -0.132. The number of rotatable bonds is 6. The van der Waals surface area contributed by atoms with Gasteiger partial charge >= 0.3 is 0 Å². The SMILES string of the molecule is CCCc1noc(CCC(=O)N2CCC[C@@H]2c2ccsc2)n1. The number of nitrogens with zero attached hydrogens (tertiary/aromatic N) is 3. The fraction of sp³-hybridized carbons (Fsp3) is 0.562. The quantitative estimate of drug-likeness (QED) is 0.819. The van der Waals surface area contributed by atoms with E-state index in [0.29, 0.717) is 18.7 Å². The minimum atomic E-state index is 0.184. The standard InChI is InChI=1S/C16H21N3O2S/c1-2-4-14-17-15(21-18-14)6-7-16(20)19-9-3-5-13(19)12-8-10-22-11-12/h8,10-11,13H,2-7,9H2,1H3/t13-/m1/s1. The second-order valence-electron chi connectivity index (χ2n) is 5.66. The molecule has 0 bridgehead atoms. The molecule has 3 rings (SSSR count). The van der Waals surface area contributed by atoms with Crippen molar-refractivity contribution in [3.05, 3.63) is 34.1 Å². The summed E-state index contributed by atoms with van der Waals surface area (Å²) in [4.78, 5) is 18.8.